The first kappa shape index (κ1) is 22.0. The van der Waals surface area contributed by atoms with Crippen LogP contribution in [-0.4, -0.2) is 53.1 Å². The molecule has 1 fully saturated rings. The van der Waals surface area contributed by atoms with E-state index in [1.807, 2.05) is 25.1 Å². The Balaban J connectivity index is 1.43. The van der Waals surface area contributed by atoms with Gasteiger partial charge in [-0.3, -0.25) is 4.79 Å². The number of nitrogens with one attached hydrogen (secondary N) is 1. The number of carbonyl (C=O) groups excluding carboxylic acids is 1. The van der Waals surface area contributed by atoms with E-state index in [1.54, 1.807) is 35.4 Å². The molecule has 1 atom stereocenters. The number of sulfonamides is 1. The van der Waals surface area contributed by atoms with Crippen molar-refractivity contribution in [2.24, 2.45) is 0 Å². The second-order valence-electron chi connectivity index (χ2n) is 7.61. The van der Waals surface area contributed by atoms with Crippen LogP contribution < -0.4 is 10.1 Å². The van der Waals surface area contributed by atoms with Crippen LogP contribution in [0.5, 0.6) is 5.75 Å². The van der Waals surface area contributed by atoms with Gasteiger partial charge in [0.15, 0.2) is 0 Å². The fourth-order valence-corrected chi connectivity index (χ4v) is 7.61. The number of carbonyl (C=O) groups is 1. The standard InChI is InChI=1S/C21H21N5O4S3/c1-13-11-18(26(24-13)21-22-15-8-7-14(30-2)12-17(15)32-21)23-20(27)16-5-3-9-25(16)33(28,29)19-6-4-10-31-19/h4,6-8,10-12,16H,3,5,9H2,1-2H3,(H,23,27). The lowest BCUT2D eigenvalue weighted by molar-refractivity contribution is -0.119. The number of hydrogen-bond donors (Lipinski definition) is 1. The number of ether oxygens (including phenoxy) is 1. The van der Waals surface area contributed by atoms with Gasteiger partial charge in [0, 0.05) is 12.6 Å². The number of hydrogen-bond acceptors (Lipinski definition) is 8. The lowest BCUT2D eigenvalue weighted by Crippen LogP contribution is -2.43. The van der Waals surface area contributed by atoms with Crippen LogP contribution in [0, 0.1) is 6.92 Å². The average Bonchev–Trinajstić information content (AvgIpc) is 3.59. The first-order valence-corrected chi connectivity index (χ1v) is 13.4. The van der Waals surface area contributed by atoms with Crippen molar-refractivity contribution in [2.45, 2.75) is 30.0 Å². The van der Waals surface area contributed by atoms with Crippen molar-refractivity contribution < 1.29 is 17.9 Å². The molecular weight excluding hydrogens is 482 g/mol. The van der Waals surface area contributed by atoms with E-state index >= 15 is 0 Å². The molecule has 1 amide bonds. The van der Waals surface area contributed by atoms with Crippen molar-refractivity contribution in [3.8, 4) is 10.9 Å². The summed E-state index contributed by atoms with van der Waals surface area (Å²) in [5.41, 5.74) is 1.50. The van der Waals surface area contributed by atoms with E-state index in [4.69, 9.17) is 4.74 Å². The van der Waals surface area contributed by atoms with Gasteiger partial charge in [-0.05, 0) is 49.4 Å². The predicted molar refractivity (Wildman–Crippen MR) is 128 cm³/mol. The van der Waals surface area contributed by atoms with Gasteiger partial charge in [-0.2, -0.15) is 14.1 Å². The van der Waals surface area contributed by atoms with Gasteiger partial charge in [0.2, 0.25) is 11.0 Å². The van der Waals surface area contributed by atoms with E-state index in [0.717, 1.165) is 27.3 Å². The molecule has 0 bridgehead atoms. The highest BCUT2D eigenvalue weighted by Gasteiger charge is 2.40. The van der Waals surface area contributed by atoms with Crippen molar-refractivity contribution in [1.29, 1.82) is 0 Å². The minimum absolute atomic E-state index is 0.244. The SMILES string of the molecule is COc1ccc2nc(-n3nc(C)cc3NC(=O)C3CCCN3S(=O)(=O)c3cccs3)sc2c1. The highest BCUT2D eigenvalue weighted by atomic mass is 32.2. The lowest BCUT2D eigenvalue weighted by atomic mass is 10.2. The Labute approximate surface area is 198 Å². The van der Waals surface area contributed by atoms with Crippen LogP contribution in [0.3, 0.4) is 0 Å². The Bertz CT molecular complexity index is 1430. The summed E-state index contributed by atoms with van der Waals surface area (Å²) in [6, 6.07) is 9.83. The van der Waals surface area contributed by atoms with Gasteiger partial charge in [-0.1, -0.05) is 17.4 Å². The molecular formula is C21H21N5O4S3. The van der Waals surface area contributed by atoms with Gasteiger partial charge in [0.1, 0.15) is 21.8 Å². The summed E-state index contributed by atoms with van der Waals surface area (Å²) in [5.74, 6) is 0.802. The number of thiazole rings is 1. The quantitative estimate of drug-likeness (QED) is 0.430. The number of anilines is 1. The molecule has 1 saturated heterocycles. The highest BCUT2D eigenvalue weighted by Crippen LogP contribution is 2.32. The fraction of sp³-hybridized carbons (Fsp3) is 0.286. The molecule has 172 valence electrons. The molecule has 0 aliphatic carbocycles. The van der Waals surface area contributed by atoms with Crippen LogP contribution in [0.2, 0.25) is 0 Å². The number of aryl methyl sites for hydroxylation is 1. The van der Waals surface area contributed by atoms with E-state index in [1.165, 1.54) is 15.6 Å². The zero-order chi connectivity index (χ0) is 23.2. The van der Waals surface area contributed by atoms with Crippen LogP contribution in [0.1, 0.15) is 18.5 Å². The van der Waals surface area contributed by atoms with E-state index in [-0.39, 0.29) is 10.1 Å². The van der Waals surface area contributed by atoms with Gasteiger partial charge in [0.05, 0.1) is 23.0 Å². The Hall–Kier alpha value is -2.80. The molecule has 5 rings (SSSR count). The molecule has 0 spiro atoms. The molecule has 12 heteroatoms. The van der Waals surface area contributed by atoms with Gasteiger partial charge in [-0.25, -0.2) is 13.4 Å². The Morgan fingerprint density at radius 2 is 2.12 bits per heavy atom. The van der Waals surface area contributed by atoms with Crippen LogP contribution in [-0.2, 0) is 14.8 Å². The van der Waals surface area contributed by atoms with Crippen LogP contribution in [0.25, 0.3) is 15.3 Å². The van der Waals surface area contributed by atoms with Gasteiger partial charge >= 0.3 is 0 Å². The Morgan fingerprint density at radius 1 is 1.27 bits per heavy atom. The minimum atomic E-state index is -3.72. The van der Waals surface area contributed by atoms with Crippen molar-refractivity contribution in [2.75, 3.05) is 19.0 Å². The molecule has 1 N–H and O–H groups in total. The number of amides is 1. The molecule has 1 unspecified atom stereocenters. The second kappa shape index (κ2) is 8.52. The first-order chi connectivity index (χ1) is 15.9. The minimum Gasteiger partial charge on any atom is -0.497 e. The normalized spacial score (nSPS) is 17.0. The van der Waals surface area contributed by atoms with E-state index < -0.39 is 16.1 Å². The predicted octanol–water partition coefficient (Wildman–Crippen LogP) is 3.65. The average molecular weight is 504 g/mol. The number of nitrogens with zero attached hydrogens (tertiary/aromatic N) is 4. The molecule has 9 nitrogen and oxygen atoms in total. The maximum Gasteiger partial charge on any atom is 0.253 e. The summed E-state index contributed by atoms with van der Waals surface area (Å²) >= 11 is 2.57. The number of fused-ring (bicyclic) bond motifs is 1. The van der Waals surface area contributed by atoms with Crippen LogP contribution in [0.4, 0.5) is 5.82 Å². The number of thiophene rings is 1. The molecule has 0 radical (unpaired) electrons. The van der Waals surface area contributed by atoms with Crippen molar-refractivity contribution in [3.05, 3.63) is 47.5 Å². The number of methoxy groups -OCH3 is 1. The monoisotopic (exact) mass is 503 g/mol. The van der Waals surface area contributed by atoms with Gasteiger partial charge in [-0.15, -0.1) is 11.3 Å². The van der Waals surface area contributed by atoms with Crippen LogP contribution in [0.15, 0.2) is 46.0 Å². The summed E-state index contributed by atoms with van der Waals surface area (Å²) in [4.78, 5) is 17.8. The first-order valence-electron chi connectivity index (χ1n) is 10.2. The molecule has 0 saturated carbocycles. The van der Waals surface area contributed by atoms with Crippen molar-refractivity contribution in [1.82, 2.24) is 19.1 Å². The second-order valence-corrected chi connectivity index (χ2v) is 11.7. The topological polar surface area (TPSA) is 106 Å². The van der Waals surface area contributed by atoms with Gasteiger partial charge in [0.25, 0.3) is 10.0 Å². The van der Waals surface area contributed by atoms with Crippen molar-refractivity contribution >= 4 is 54.6 Å². The smallest absolute Gasteiger partial charge is 0.253 e. The summed E-state index contributed by atoms with van der Waals surface area (Å²) in [5, 5.41) is 9.69. The van der Waals surface area contributed by atoms with E-state index in [2.05, 4.69) is 15.4 Å². The highest BCUT2D eigenvalue weighted by molar-refractivity contribution is 7.91. The maximum atomic E-state index is 13.2. The summed E-state index contributed by atoms with van der Waals surface area (Å²) in [6.07, 6.45) is 1.09. The molecule has 1 aromatic carbocycles. The van der Waals surface area contributed by atoms with Crippen LogP contribution >= 0.6 is 22.7 Å². The third-order valence-corrected chi connectivity index (χ3v) is 9.69. The number of benzene rings is 1. The molecule has 1 aliphatic rings. The zero-order valence-corrected chi connectivity index (χ0v) is 20.3. The third kappa shape index (κ3) is 4.03. The maximum absolute atomic E-state index is 13.2. The molecule has 4 heterocycles. The lowest BCUT2D eigenvalue weighted by Gasteiger charge is -2.22. The molecule has 3 aromatic heterocycles. The third-order valence-electron chi connectivity index (χ3n) is 5.41. The van der Waals surface area contributed by atoms with Crippen molar-refractivity contribution in [3.63, 3.8) is 0 Å². The Morgan fingerprint density at radius 3 is 2.88 bits per heavy atom. The fourth-order valence-electron chi connectivity index (χ4n) is 3.87. The number of rotatable bonds is 6. The summed E-state index contributed by atoms with van der Waals surface area (Å²) in [6.45, 7) is 2.14. The Kier molecular flexibility index (Phi) is 5.69. The summed E-state index contributed by atoms with van der Waals surface area (Å²) in [7, 11) is -2.11. The van der Waals surface area contributed by atoms with E-state index in [0.29, 0.717) is 36.0 Å². The number of aromatic nitrogens is 3. The molecule has 1 aliphatic heterocycles. The molecule has 4 aromatic rings. The summed E-state index contributed by atoms with van der Waals surface area (Å²) < 4.78 is 35.4. The van der Waals surface area contributed by atoms with Gasteiger partial charge < -0.3 is 10.1 Å². The largest absolute Gasteiger partial charge is 0.497 e. The van der Waals surface area contributed by atoms with E-state index in [9.17, 15) is 13.2 Å². The zero-order valence-electron chi connectivity index (χ0n) is 17.9. The molecule has 33 heavy (non-hydrogen) atoms.